The highest BCUT2D eigenvalue weighted by molar-refractivity contribution is 6.33. The fourth-order valence-corrected chi connectivity index (χ4v) is 3.88. The van der Waals surface area contributed by atoms with Crippen LogP contribution in [0.15, 0.2) is 42.9 Å². The summed E-state index contributed by atoms with van der Waals surface area (Å²) in [6, 6.07) is 9.16. The zero-order chi connectivity index (χ0) is 19.3. The molecule has 2 aromatic heterocycles. The second-order valence-electron chi connectivity index (χ2n) is 7.28. The molecule has 3 heterocycles. The number of halogens is 1. The van der Waals surface area contributed by atoms with Gasteiger partial charge in [0.05, 0.1) is 28.6 Å². The van der Waals surface area contributed by atoms with Crippen LogP contribution in [0, 0.1) is 0 Å². The van der Waals surface area contributed by atoms with Crippen molar-refractivity contribution in [3.05, 3.63) is 53.4 Å². The molecule has 1 atom stereocenters. The molecule has 2 fully saturated rings. The van der Waals surface area contributed by atoms with Crippen molar-refractivity contribution in [1.82, 2.24) is 19.9 Å². The van der Waals surface area contributed by atoms with E-state index in [0.717, 1.165) is 18.5 Å². The minimum Gasteiger partial charge on any atom is -0.347 e. The van der Waals surface area contributed by atoms with E-state index in [9.17, 15) is 9.59 Å². The first kappa shape index (κ1) is 17.2. The molecule has 1 aliphatic carbocycles. The molecule has 28 heavy (non-hydrogen) atoms. The van der Waals surface area contributed by atoms with Crippen LogP contribution in [0.1, 0.15) is 35.7 Å². The van der Waals surface area contributed by atoms with Gasteiger partial charge in [0, 0.05) is 25.2 Å². The second-order valence-corrected chi connectivity index (χ2v) is 7.69. The Balaban J connectivity index is 1.31. The Morgan fingerprint density at radius 3 is 2.82 bits per heavy atom. The van der Waals surface area contributed by atoms with Gasteiger partial charge in [-0.25, -0.2) is 9.97 Å². The fraction of sp³-hybridized carbons (Fsp3) is 0.300. The third-order valence-electron chi connectivity index (χ3n) is 5.22. The predicted octanol–water partition coefficient (Wildman–Crippen LogP) is 2.95. The number of benzene rings is 1. The van der Waals surface area contributed by atoms with Crippen molar-refractivity contribution in [1.29, 1.82) is 0 Å². The van der Waals surface area contributed by atoms with E-state index in [1.807, 2.05) is 12.1 Å². The van der Waals surface area contributed by atoms with Crippen LogP contribution in [0.2, 0.25) is 5.02 Å². The number of imidazole rings is 1. The maximum absolute atomic E-state index is 12.7. The number of nitrogens with zero attached hydrogens (tertiary/aromatic N) is 4. The van der Waals surface area contributed by atoms with E-state index >= 15 is 0 Å². The van der Waals surface area contributed by atoms with E-state index in [1.165, 1.54) is 0 Å². The Bertz CT molecular complexity index is 1090. The number of fused-ring (bicyclic) bond motifs is 1. The molecule has 1 aliphatic heterocycles. The average molecular weight is 396 g/mol. The lowest BCUT2D eigenvalue weighted by molar-refractivity contribution is -0.117. The minimum absolute atomic E-state index is 0.0600. The van der Waals surface area contributed by atoms with E-state index in [1.54, 1.807) is 35.6 Å². The summed E-state index contributed by atoms with van der Waals surface area (Å²) in [4.78, 5) is 35.5. The minimum atomic E-state index is -0.281. The van der Waals surface area contributed by atoms with Gasteiger partial charge >= 0.3 is 0 Å². The Morgan fingerprint density at radius 1 is 1.21 bits per heavy atom. The maximum Gasteiger partial charge on any atom is 0.253 e. The van der Waals surface area contributed by atoms with Gasteiger partial charge in [-0.2, -0.15) is 0 Å². The second kappa shape index (κ2) is 6.60. The van der Waals surface area contributed by atoms with Gasteiger partial charge in [-0.05, 0) is 31.0 Å². The molecule has 2 aliphatic rings. The first-order valence-electron chi connectivity index (χ1n) is 9.28. The third kappa shape index (κ3) is 3.01. The topological polar surface area (TPSA) is 80.1 Å². The van der Waals surface area contributed by atoms with Crippen LogP contribution in [0.3, 0.4) is 0 Å². The van der Waals surface area contributed by atoms with Gasteiger partial charge < -0.3 is 14.8 Å². The van der Waals surface area contributed by atoms with Crippen LogP contribution in [0.25, 0.3) is 11.2 Å². The third-order valence-corrected chi connectivity index (χ3v) is 5.54. The predicted molar refractivity (Wildman–Crippen MR) is 105 cm³/mol. The molecule has 3 aromatic rings. The molecular formula is C20H18ClN5O2. The van der Waals surface area contributed by atoms with Crippen molar-refractivity contribution in [2.45, 2.75) is 31.3 Å². The Labute approximate surface area is 166 Å². The van der Waals surface area contributed by atoms with Crippen LogP contribution in [0.4, 0.5) is 5.69 Å². The van der Waals surface area contributed by atoms with Gasteiger partial charge in [-0.3, -0.25) is 9.59 Å². The van der Waals surface area contributed by atoms with Gasteiger partial charge in [-0.15, -0.1) is 0 Å². The van der Waals surface area contributed by atoms with Gasteiger partial charge in [-0.1, -0.05) is 23.7 Å². The van der Waals surface area contributed by atoms with Crippen LogP contribution in [-0.4, -0.2) is 38.9 Å². The number of hydrogen-bond donors (Lipinski definition) is 1. The van der Waals surface area contributed by atoms with Gasteiger partial charge in [0.2, 0.25) is 5.91 Å². The lowest BCUT2D eigenvalue weighted by atomic mass is 10.2. The summed E-state index contributed by atoms with van der Waals surface area (Å²) in [6.07, 6.45) is 5.89. The summed E-state index contributed by atoms with van der Waals surface area (Å²) in [7, 11) is 0. The number of amides is 2. The smallest absolute Gasteiger partial charge is 0.253 e. The highest BCUT2D eigenvalue weighted by atomic mass is 35.5. The molecule has 0 bridgehead atoms. The number of rotatable bonds is 4. The molecule has 142 valence electrons. The molecule has 7 nitrogen and oxygen atoms in total. The summed E-state index contributed by atoms with van der Waals surface area (Å²) in [6.45, 7) is 0.389. The molecule has 0 radical (unpaired) electrons. The monoisotopic (exact) mass is 395 g/mol. The zero-order valence-corrected chi connectivity index (χ0v) is 15.8. The number of para-hydroxylation sites is 1. The molecule has 5 rings (SSSR count). The van der Waals surface area contributed by atoms with E-state index < -0.39 is 0 Å². The summed E-state index contributed by atoms with van der Waals surface area (Å²) in [5.74, 6) is -0.315. The molecule has 1 saturated carbocycles. The van der Waals surface area contributed by atoms with Crippen LogP contribution in [-0.2, 0) is 4.79 Å². The zero-order valence-electron chi connectivity index (χ0n) is 15.0. The lowest BCUT2D eigenvalue weighted by Gasteiger charge is -2.18. The van der Waals surface area contributed by atoms with Crippen molar-refractivity contribution in [3.63, 3.8) is 0 Å². The van der Waals surface area contributed by atoms with Crippen molar-refractivity contribution in [3.8, 4) is 0 Å². The highest BCUT2D eigenvalue weighted by Gasteiger charge is 2.33. The number of carbonyl (C=O) groups is 2. The molecule has 8 heteroatoms. The van der Waals surface area contributed by atoms with E-state index in [2.05, 4.69) is 19.9 Å². The quantitative estimate of drug-likeness (QED) is 0.736. The number of nitrogens with one attached hydrogen (secondary N) is 1. The standard InChI is InChI=1S/C20H18ClN5O2/c21-15-3-1-2-4-17(15)25-10-13(8-18(25)27)24-20(28)12-7-16-19(22-9-12)26(11-23-16)14-5-6-14/h1-4,7,9,11,13-14H,5-6,8,10H2,(H,24,28). The number of pyridine rings is 1. The summed E-state index contributed by atoms with van der Waals surface area (Å²) >= 11 is 6.20. The van der Waals surface area contributed by atoms with Crippen molar-refractivity contribution in [2.24, 2.45) is 0 Å². The number of hydrogen-bond acceptors (Lipinski definition) is 4. The van der Waals surface area contributed by atoms with Crippen molar-refractivity contribution >= 4 is 40.3 Å². The molecule has 2 amide bonds. The lowest BCUT2D eigenvalue weighted by Crippen LogP contribution is -2.37. The fourth-order valence-electron chi connectivity index (χ4n) is 3.64. The normalized spacial score (nSPS) is 19.4. The number of aromatic nitrogens is 3. The van der Waals surface area contributed by atoms with Gasteiger partial charge in [0.25, 0.3) is 5.91 Å². The van der Waals surface area contributed by atoms with E-state index in [0.29, 0.717) is 34.4 Å². The number of carbonyl (C=O) groups excluding carboxylic acids is 2. The Morgan fingerprint density at radius 2 is 2.04 bits per heavy atom. The Kier molecular flexibility index (Phi) is 4.05. The molecule has 1 unspecified atom stereocenters. The number of anilines is 1. The maximum atomic E-state index is 12.7. The van der Waals surface area contributed by atoms with E-state index in [4.69, 9.17) is 11.6 Å². The molecular weight excluding hydrogens is 378 g/mol. The summed E-state index contributed by atoms with van der Waals surface area (Å²) in [5, 5.41) is 3.45. The first-order valence-corrected chi connectivity index (χ1v) is 9.66. The molecule has 0 spiro atoms. The largest absolute Gasteiger partial charge is 0.347 e. The first-order chi connectivity index (χ1) is 13.6. The van der Waals surface area contributed by atoms with Crippen LogP contribution in [0.5, 0.6) is 0 Å². The molecule has 1 N–H and O–H groups in total. The van der Waals surface area contributed by atoms with Crippen LogP contribution < -0.4 is 10.2 Å². The van der Waals surface area contributed by atoms with Gasteiger partial charge in [0.15, 0.2) is 5.65 Å². The highest BCUT2D eigenvalue weighted by Crippen LogP contribution is 2.36. The molecule has 1 saturated heterocycles. The SMILES string of the molecule is O=C(NC1CC(=O)N(c2ccccc2Cl)C1)c1cnc2c(c1)ncn2C1CC1. The molecule has 1 aromatic carbocycles. The van der Waals surface area contributed by atoms with Crippen molar-refractivity contribution < 1.29 is 9.59 Å². The van der Waals surface area contributed by atoms with Gasteiger partial charge in [0.1, 0.15) is 5.52 Å². The Hall–Kier alpha value is -2.93. The van der Waals surface area contributed by atoms with Crippen LogP contribution >= 0.6 is 11.6 Å². The van der Waals surface area contributed by atoms with Crippen molar-refractivity contribution in [2.75, 3.05) is 11.4 Å². The summed E-state index contributed by atoms with van der Waals surface area (Å²) < 4.78 is 2.06. The van der Waals surface area contributed by atoms with E-state index in [-0.39, 0.29) is 24.3 Å². The average Bonchev–Trinajstić information content (AvgIpc) is 3.34. The summed E-state index contributed by atoms with van der Waals surface area (Å²) in [5.41, 5.74) is 2.62.